The summed E-state index contributed by atoms with van der Waals surface area (Å²) >= 11 is 0. The van der Waals surface area contributed by atoms with E-state index in [2.05, 4.69) is 72.9 Å². The van der Waals surface area contributed by atoms with E-state index >= 15 is 0 Å². The summed E-state index contributed by atoms with van der Waals surface area (Å²) in [6.45, 7) is 3.33. The van der Waals surface area contributed by atoms with Crippen molar-refractivity contribution in [1.29, 1.82) is 0 Å². The van der Waals surface area contributed by atoms with Gasteiger partial charge in [0.15, 0.2) is 0 Å². The molecule has 3 heteroatoms. The highest BCUT2D eigenvalue weighted by atomic mass is 19.1. The van der Waals surface area contributed by atoms with Crippen LogP contribution >= 0.6 is 0 Å². The maximum atomic E-state index is 13.2. The van der Waals surface area contributed by atoms with Crippen LogP contribution in [0.4, 0.5) is 4.39 Å². The Morgan fingerprint density at radius 3 is 2.35 bits per heavy atom. The molecule has 0 radical (unpaired) electrons. The number of benzene rings is 4. The number of hydrogen-bond donors (Lipinski definition) is 1. The molecule has 1 unspecified atom stereocenters. The molecule has 0 aromatic heterocycles. The molecule has 0 aliphatic rings. The van der Waals surface area contributed by atoms with Crippen molar-refractivity contribution < 1.29 is 9.13 Å². The van der Waals surface area contributed by atoms with Crippen molar-refractivity contribution in [1.82, 2.24) is 5.32 Å². The third-order valence-electron chi connectivity index (χ3n) is 5.61. The highest BCUT2D eigenvalue weighted by molar-refractivity contribution is 5.87. The molecule has 1 atom stereocenters. The minimum absolute atomic E-state index is 0.234. The van der Waals surface area contributed by atoms with Gasteiger partial charge in [-0.25, -0.2) is 4.39 Å². The van der Waals surface area contributed by atoms with Gasteiger partial charge in [-0.05, 0) is 46.5 Å². The Labute approximate surface area is 183 Å². The summed E-state index contributed by atoms with van der Waals surface area (Å²) in [5.74, 6) is 0.626. The number of fused-ring (bicyclic) bond motifs is 1. The smallest absolute Gasteiger partial charge is 0.124 e. The van der Waals surface area contributed by atoms with E-state index < -0.39 is 0 Å². The van der Waals surface area contributed by atoms with Gasteiger partial charge in [-0.15, -0.1) is 0 Å². The zero-order valence-electron chi connectivity index (χ0n) is 17.9. The number of ether oxygens (including phenoxy) is 1. The fourth-order valence-corrected chi connectivity index (χ4v) is 3.96. The van der Waals surface area contributed by atoms with Crippen LogP contribution in [0.2, 0.25) is 0 Å². The zero-order chi connectivity index (χ0) is 21.5. The highest BCUT2D eigenvalue weighted by Gasteiger charge is 2.14. The summed E-state index contributed by atoms with van der Waals surface area (Å²) in [5, 5.41) is 6.15. The van der Waals surface area contributed by atoms with Crippen molar-refractivity contribution in [2.75, 3.05) is 0 Å². The fraction of sp³-hybridized carbons (Fsp3) is 0.214. The van der Waals surface area contributed by atoms with Crippen LogP contribution in [0, 0.1) is 5.82 Å². The minimum atomic E-state index is -0.234. The molecule has 0 amide bonds. The molecule has 4 rings (SSSR count). The van der Waals surface area contributed by atoms with Crippen LogP contribution in [0.5, 0.6) is 5.75 Å². The number of nitrogens with one attached hydrogen (secondary N) is 1. The summed E-state index contributed by atoms with van der Waals surface area (Å²) in [7, 11) is 0. The second-order valence-electron chi connectivity index (χ2n) is 7.81. The SMILES string of the molecule is CCCC(NCc1c(OCc2ccc(F)cc2)ccc2ccccc12)c1ccccc1. The Kier molecular flexibility index (Phi) is 6.96. The van der Waals surface area contributed by atoms with Crippen LogP contribution in [0.1, 0.15) is 42.5 Å². The molecule has 0 spiro atoms. The van der Waals surface area contributed by atoms with Crippen LogP contribution in [-0.2, 0) is 13.2 Å². The number of hydrogen-bond acceptors (Lipinski definition) is 2. The van der Waals surface area contributed by atoms with Gasteiger partial charge in [0.25, 0.3) is 0 Å². The zero-order valence-corrected chi connectivity index (χ0v) is 17.9. The predicted octanol–water partition coefficient (Wildman–Crippen LogP) is 7.19. The quantitative estimate of drug-likeness (QED) is 0.313. The van der Waals surface area contributed by atoms with Crippen molar-refractivity contribution >= 4 is 10.8 Å². The van der Waals surface area contributed by atoms with Crippen molar-refractivity contribution in [3.8, 4) is 5.75 Å². The van der Waals surface area contributed by atoms with E-state index in [1.165, 1.54) is 28.5 Å². The second kappa shape index (κ2) is 10.2. The molecule has 0 saturated heterocycles. The Morgan fingerprint density at radius 2 is 1.58 bits per heavy atom. The van der Waals surface area contributed by atoms with Gasteiger partial charge in [0.1, 0.15) is 18.2 Å². The van der Waals surface area contributed by atoms with Crippen LogP contribution in [0.3, 0.4) is 0 Å². The highest BCUT2D eigenvalue weighted by Crippen LogP contribution is 2.30. The van der Waals surface area contributed by atoms with Gasteiger partial charge in [-0.1, -0.05) is 86.1 Å². The lowest BCUT2D eigenvalue weighted by atomic mass is 10.00. The summed E-state index contributed by atoms with van der Waals surface area (Å²) in [5.41, 5.74) is 3.40. The van der Waals surface area contributed by atoms with Crippen LogP contribution in [0.15, 0.2) is 91.0 Å². The van der Waals surface area contributed by atoms with E-state index in [0.29, 0.717) is 13.2 Å². The Hall–Kier alpha value is -3.17. The van der Waals surface area contributed by atoms with E-state index in [0.717, 1.165) is 29.7 Å². The monoisotopic (exact) mass is 413 g/mol. The van der Waals surface area contributed by atoms with Crippen molar-refractivity contribution in [2.24, 2.45) is 0 Å². The van der Waals surface area contributed by atoms with Gasteiger partial charge in [-0.2, -0.15) is 0 Å². The Morgan fingerprint density at radius 1 is 0.839 bits per heavy atom. The largest absolute Gasteiger partial charge is 0.489 e. The first kappa shape index (κ1) is 21.1. The maximum Gasteiger partial charge on any atom is 0.124 e. The van der Waals surface area contributed by atoms with Crippen molar-refractivity contribution in [3.63, 3.8) is 0 Å². The van der Waals surface area contributed by atoms with E-state index in [9.17, 15) is 4.39 Å². The Balaban J connectivity index is 1.59. The molecular formula is C28H28FNO. The average Bonchev–Trinajstić information content (AvgIpc) is 2.82. The lowest BCUT2D eigenvalue weighted by Crippen LogP contribution is -2.21. The van der Waals surface area contributed by atoms with Crippen molar-refractivity contribution in [2.45, 2.75) is 39.0 Å². The summed E-state index contributed by atoms with van der Waals surface area (Å²) in [6.07, 6.45) is 2.18. The molecule has 31 heavy (non-hydrogen) atoms. The van der Waals surface area contributed by atoms with Crippen LogP contribution in [-0.4, -0.2) is 0 Å². The summed E-state index contributed by atoms with van der Waals surface area (Å²) in [6, 6.07) is 29.9. The Bertz CT molecular complexity index is 1110. The van der Waals surface area contributed by atoms with E-state index in [4.69, 9.17) is 4.74 Å². The molecular weight excluding hydrogens is 385 g/mol. The van der Waals surface area contributed by atoms with Gasteiger partial charge < -0.3 is 10.1 Å². The van der Waals surface area contributed by atoms with Gasteiger partial charge in [0.2, 0.25) is 0 Å². The topological polar surface area (TPSA) is 21.3 Å². The molecule has 0 saturated carbocycles. The summed E-state index contributed by atoms with van der Waals surface area (Å²) < 4.78 is 19.4. The number of rotatable bonds is 9. The molecule has 1 N–H and O–H groups in total. The predicted molar refractivity (Wildman–Crippen MR) is 126 cm³/mol. The fourth-order valence-electron chi connectivity index (χ4n) is 3.96. The van der Waals surface area contributed by atoms with E-state index in [1.807, 2.05) is 6.07 Å². The van der Waals surface area contributed by atoms with Gasteiger partial charge >= 0.3 is 0 Å². The first-order valence-corrected chi connectivity index (χ1v) is 10.9. The van der Waals surface area contributed by atoms with Crippen LogP contribution < -0.4 is 10.1 Å². The molecule has 158 valence electrons. The first-order chi connectivity index (χ1) is 15.2. The number of halogens is 1. The third-order valence-corrected chi connectivity index (χ3v) is 5.61. The van der Waals surface area contributed by atoms with Gasteiger partial charge in [0, 0.05) is 18.2 Å². The van der Waals surface area contributed by atoms with E-state index in [-0.39, 0.29) is 11.9 Å². The normalized spacial score (nSPS) is 12.1. The molecule has 2 nitrogen and oxygen atoms in total. The lowest BCUT2D eigenvalue weighted by molar-refractivity contribution is 0.302. The minimum Gasteiger partial charge on any atom is -0.489 e. The second-order valence-corrected chi connectivity index (χ2v) is 7.81. The van der Waals surface area contributed by atoms with E-state index in [1.54, 1.807) is 12.1 Å². The molecule has 4 aromatic rings. The average molecular weight is 414 g/mol. The molecule has 0 bridgehead atoms. The molecule has 0 aliphatic carbocycles. The standard InChI is InChI=1S/C28H28FNO/c1-2-8-27(23-10-4-3-5-11-23)30-19-26-25-12-7-6-9-22(25)15-18-28(26)31-20-21-13-16-24(29)17-14-21/h3-7,9-18,27,30H,2,8,19-20H2,1H3. The first-order valence-electron chi connectivity index (χ1n) is 10.9. The molecule has 0 heterocycles. The molecule has 0 aliphatic heterocycles. The summed E-state index contributed by atoms with van der Waals surface area (Å²) in [4.78, 5) is 0. The molecule has 4 aromatic carbocycles. The van der Waals surface area contributed by atoms with Crippen LogP contribution in [0.25, 0.3) is 10.8 Å². The third kappa shape index (κ3) is 5.31. The maximum absolute atomic E-state index is 13.2. The lowest BCUT2D eigenvalue weighted by Gasteiger charge is -2.21. The van der Waals surface area contributed by atoms with Crippen molar-refractivity contribution in [3.05, 3.63) is 114 Å². The van der Waals surface area contributed by atoms with Gasteiger partial charge in [-0.3, -0.25) is 0 Å². The van der Waals surface area contributed by atoms with Gasteiger partial charge in [0.05, 0.1) is 0 Å². The molecule has 0 fully saturated rings.